The summed E-state index contributed by atoms with van der Waals surface area (Å²) in [5.74, 6) is 0. The van der Waals surface area contributed by atoms with Crippen LogP contribution in [-0.2, 0) is 17.1 Å². The maximum absolute atomic E-state index is 12.0. The molecule has 0 fully saturated rings. The summed E-state index contributed by atoms with van der Waals surface area (Å²) in [7, 11) is -1.97. The predicted molar refractivity (Wildman–Crippen MR) is 63.4 cm³/mol. The lowest BCUT2D eigenvalue weighted by Crippen LogP contribution is -2.13. The normalized spacial score (nSPS) is 11.7. The standard InChI is InChI=1S/C8H11N5O2S2/c1-5-7(4-13(3)11-5)17(14,15)12-8-10-9-6(2)16-8/h4H,1-3H3,(H,10,12). The third-order valence-electron chi connectivity index (χ3n) is 2.01. The molecule has 0 unspecified atom stereocenters. The number of aromatic nitrogens is 4. The molecule has 0 aliphatic rings. The van der Waals surface area contributed by atoms with Gasteiger partial charge in [0, 0.05) is 13.2 Å². The molecule has 2 aromatic heterocycles. The molecule has 0 aliphatic carbocycles. The molecule has 0 amide bonds. The van der Waals surface area contributed by atoms with Crippen LogP contribution < -0.4 is 4.72 Å². The van der Waals surface area contributed by atoms with E-state index in [4.69, 9.17) is 0 Å². The van der Waals surface area contributed by atoms with Crippen LogP contribution in [0.2, 0.25) is 0 Å². The Morgan fingerprint density at radius 3 is 2.53 bits per heavy atom. The Hall–Kier alpha value is -1.48. The molecule has 2 rings (SSSR count). The summed E-state index contributed by atoms with van der Waals surface area (Å²) < 4.78 is 27.9. The van der Waals surface area contributed by atoms with Crippen molar-refractivity contribution in [3.05, 3.63) is 16.9 Å². The van der Waals surface area contributed by atoms with E-state index in [1.165, 1.54) is 22.2 Å². The van der Waals surface area contributed by atoms with Crippen molar-refractivity contribution in [1.82, 2.24) is 20.0 Å². The van der Waals surface area contributed by atoms with Crippen LogP contribution in [0.1, 0.15) is 10.7 Å². The van der Waals surface area contributed by atoms with E-state index in [0.717, 1.165) is 0 Å². The van der Waals surface area contributed by atoms with Crippen LogP contribution in [0.5, 0.6) is 0 Å². The van der Waals surface area contributed by atoms with Crippen LogP contribution in [-0.4, -0.2) is 28.4 Å². The Balaban J connectivity index is 2.34. The zero-order valence-corrected chi connectivity index (χ0v) is 11.1. The molecule has 7 nitrogen and oxygen atoms in total. The molecule has 0 saturated carbocycles. The molecule has 92 valence electrons. The maximum atomic E-state index is 12.0. The van der Waals surface area contributed by atoms with Gasteiger partial charge in [0.2, 0.25) is 5.13 Å². The van der Waals surface area contributed by atoms with Gasteiger partial charge in [-0.3, -0.25) is 9.40 Å². The van der Waals surface area contributed by atoms with Gasteiger partial charge in [-0.25, -0.2) is 8.42 Å². The van der Waals surface area contributed by atoms with Gasteiger partial charge in [0.25, 0.3) is 10.0 Å². The van der Waals surface area contributed by atoms with Crippen LogP contribution in [0.4, 0.5) is 5.13 Å². The van der Waals surface area contributed by atoms with Crippen molar-refractivity contribution in [2.45, 2.75) is 18.7 Å². The highest BCUT2D eigenvalue weighted by molar-refractivity contribution is 7.93. The smallest absolute Gasteiger partial charge is 0.267 e. The van der Waals surface area contributed by atoms with Crippen LogP contribution in [0.15, 0.2) is 11.1 Å². The summed E-state index contributed by atoms with van der Waals surface area (Å²) in [5, 5.41) is 12.4. The van der Waals surface area contributed by atoms with Crippen molar-refractivity contribution < 1.29 is 8.42 Å². The number of hydrogen-bond donors (Lipinski definition) is 1. The molecule has 17 heavy (non-hydrogen) atoms. The fourth-order valence-corrected chi connectivity index (χ4v) is 3.39. The van der Waals surface area contributed by atoms with Crippen LogP contribution in [0, 0.1) is 13.8 Å². The lowest BCUT2D eigenvalue weighted by atomic mass is 10.5. The number of nitrogens with one attached hydrogen (secondary N) is 1. The lowest BCUT2D eigenvalue weighted by molar-refractivity contribution is 0.600. The monoisotopic (exact) mass is 273 g/mol. The summed E-state index contributed by atoms with van der Waals surface area (Å²) in [6.45, 7) is 3.39. The number of hydrogen-bond acceptors (Lipinski definition) is 6. The second-order valence-electron chi connectivity index (χ2n) is 3.48. The Kier molecular flexibility index (Phi) is 2.87. The highest BCUT2D eigenvalue weighted by atomic mass is 32.2. The van der Waals surface area contributed by atoms with Crippen molar-refractivity contribution in [3.63, 3.8) is 0 Å². The maximum Gasteiger partial charge on any atom is 0.267 e. The van der Waals surface area contributed by atoms with Crippen molar-refractivity contribution >= 4 is 26.5 Å². The Labute approximate surface area is 103 Å². The van der Waals surface area contributed by atoms with Gasteiger partial charge in [0.15, 0.2) is 0 Å². The first kappa shape index (κ1) is 12.0. The summed E-state index contributed by atoms with van der Waals surface area (Å²) in [5.41, 5.74) is 0.446. The summed E-state index contributed by atoms with van der Waals surface area (Å²) >= 11 is 1.18. The molecule has 0 aliphatic heterocycles. The van der Waals surface area contributed by atoms with Gasteiger partial charge >= 0.3 is 0 Å². The third-order valence-corrected chi connectivity index (χ3v) is 4.33. The molecule has 0 saturated heterocycles. The molecule has 9 heteroatoms. The minimum atomic E-state index is -3.64. The molecule has 0 spiro atoms. The zero-order chi connectivity index (χ0) is 12.6. The number of nitrogens with zero attached hydrogens (tertiary/aromatic N) is 4. The first-order valence-electron chi connectivity index (χ1n) is 4.71. The van der Waals surface area contributed by atoms with E-state index in [0.29, 0.717) is 10.7 Å². The van der Waals surface area contributed by atoms with Gasteiger partial charge in [-0.2, -0.15) is 5.10 Å². The fraction of sp³-hybridized carbons (Fsp3) is 0.375. The molecular formula is C8H11N5O2S2. The Bertz CT molecular complexity index is 643. The topological polar surface area (TPSA) is 89.8 Å². The Morgan fingerprint density at radius 2 is 2.06 bits per heavy atom. The minimum Gasteiger partial charge on any atom is -0.274 e. The first-order chi connectivity index (χ1) is 7.88. The number of sulfonamides is 1. The molecular weight excluding hydrogens is 262 g/mol. The second kappa shape index (κ2) is 4.08. The molecule has 1 N–H and O–H groups in total. The van der Waals surface area contributed by atoms with Crippen LogP contribution >= 0.6 is 11.3 Å². The van der Waals surface area contributed by atoms with E-state index >= 15 is 0 Å². The summed E-state index contributed by atoms with van der Waals surface area (Å²) in [6, 6.07) is 0. The fourth-order valence-electron chi connectivity index (χ4n) is 1.35. The minimum absolute atomic E-state index is 0.146. The van der Waals surface area contributed by atoms with E-state index in [1.54, 1.807) is 20.9 Å². The van der Waals surface area contributed by atoms with Crippen LogP contribution in [0.3, 0.4) is 0 Å². The van der Waals surface area contributed by atoms with E-state index in [-0.39, 0.29) is 10.0 Å². The van der Waals surface area contributed by atoms with E-state index in [9.17, 15) is 8.42 Å². The molecule has 0 radical (unpaired) electrons. The highest BCUT2D eigenvalue weighted by Crippen LogP contribution is 2.20. The van der Waals surface area contributed by atoms with Gasteiger partial charge in [-0.1, -0.05) is 11.3 Å². The lowest BCUT2D eigenvalue weighted by Gasteiger charge is -2.01. The van der Waals surface area contributed by atoms with Crippen molar-refractivity contribution in [2.75, 3.05) is 4.72 Å². The molecule has 0 atom stereocenters. The first-order valence-corrected chi connectivity index (χ1v) is 7.01. The largest absolute Gasteiger partial charge is 0.274 e. The molecule has 2 heterocycles. The second-order valence-corrected chi connectivity index (χ2v) is 6.32. The van der Waals surface area contributed by atoms with Gasteiger partial charge < -0.3 is 0 Å². The van der Waals surface area contributed by atoms with Crippen LogP contribution in [0.25, 0.3) is 0 Å². The Morgan fingerprint density at radius 1 is 1.35 bits per heavy atom. The average molecular weight is 273 g/mol. The van der Waals surface area contributed by atoms with Crippen molar-refractivity contribution in [1.29, 1.82) is 0 Å². The number of anilines is 1. The molecule has 2 aromatic rings. The molecule has 0 aromatic carbocycles. The average Bonchev–Trinajstić information content (AvgIpc) is 2.72. The van der Waals surface area contributed by atoms with Crippen molar-refractivity contribution in [2.24, 2.45) is 7.05 Å². The predicted octanol–water partition coefficient (Wildman–Crippen LogP) is 0.689. The van der Waals surface area contributed by atoms with Gasteiger partial charge in [-0.05, 0) is 13.8 Å². The third kappa shape index (κ3) is 2.44. The number of aryl methyl sites for hydroxylation is 3. The summed E-state index contributed by atoms with van der Waals surface area (Å²) in [4.78, 5) is 0.146. The zero-order valence-electron chi connectivity index (χ0n) is 9.50. The SMILES string of the molecule is Cc1nnc(NS(=O)(=O)c2cn(C)nc2C)s1. The number of rotatable bonds is 3. The molecule has 0 bridgehead atoms. The van der Waals surface area contributed by atoms with Crippen molar-refractivity contribution in [3.8, 4) is 0 Å². The van der Waals surface area contributed by atoms with E-state index in [1.807, 2.05) is 0 Å². The highest BCUT2D eigenvalue weighted by Gasteiger charge is 2.21. The van der Waals surface area contributed by atoms with Gasteiger partial charge in [0.1, 0.15) is 9.90 Å². The van der Waals surface area contributed by atoms with Gasteiger partial charge in [0.05, 0.1) is 5.69 Å². The van der Waals surface area contributed by atoms with Gasteiger partial charge in [-0.15, -0.1) is 10.2 Å². The quantitative estimate of drug-likeness (QED) is 0.888. The van der Waals surface area contributed by atoms with E-state index < -0.39 is 10.0 Å². The van der Waals surface area contributed by atoms with E-state index in [2.05, 4.69) is 20.0 Å². The summed E-state index contributed by atoms with van der Waals surface area (Å²) in [6.07, 6.45) is 1.45.